The van der Waals surface area contributed by atoms with Gasteiger partial charge in [-0.25, -0.2) is 0 Å². The van der Waals surface area contributed by atoms with Crippen LogP contribution in [0, 0.1) is 48.4 Å². The zero-order chi connectivity index (χ0) is 91.5. The first-order valence-electron chi connectivity index (χ1n) is 45.3. The summed E-state index contributed by atoms with van der Waals surface area (Å²) in [6, 6.07) is 50.7. The monoisotopic (exact) mass is 1760 g/mol. The summed E-state index contributed by atoms with van der Waals surface area (Å²) in [5.41, 5.74) is 1.82. The molecule has 4 unspecified atom stereocenters. The molecule has 0 radical (unpaired) electrons. The fraction of sp³-hybridized carbons (Fsp3) is 0.456. The van der Waals surface area contributed by atoms with Crippen LogP contribution in [0.15, 0.2) is 193 Å². The van der Waals surface area contributed by atoms with Crippen LogP contribution in [0.1, 0.15) is 254 Å². The van der Waals surface area contributed by atoms with E-state index in [9.17, 15) is 61.1 Å². The van der Waals surface area contributed by atoms with Gasteiger partial charge in [0.15, 0.2) is 0 Å². The average molecular weight is 1760 g/mol. The molecule has 0 saturated heterocycles. The number of nitrogens with zero attached hydrogens (tertiary/aromatic N) is 4. The fourth-order valence-electron chi connectivity index (χ4n) is 17.3. The van der Waals surface area contributed by atoms with Crippen molar-refractivity contribution in [1.82, 2.24) is 31.1 Å². The number of esters is 2. The van der Waals surface area contributed by atoms with E-state index in [4.69, 9.17) is 22.3 Å². The number of amides is 8. The van der Waals surface area contributed by atoms with Crippen LogP contribution in [0.4, 0.5) is 24.5 Å². The zero-order valence-corrected chi connectivity index (χ0v) is 75.3. The molecule has 0 heterocycles. The molecule has 8 amide bonds. The highest BCUT2D eigenvalue weighted by molar-refractivity contribution is 7.98. The van der Waals surface area contributed by atoms with Gasteiger partial charge in [-0.3, -0.25) is 57.7 Å². The number of para-hydroxylation sites is 4. The summed E-state index contributed by atoms with van der Waals surface area (Å²) in [4.78, 5) is 138. The number of thioether (sulfide) groups is 1. The standard InChI is InChI=1S/C27H30N2O4.C26H31F3N2O2.C26H34N2O2S.C24H32N2O4/c1-3-18-29(27(32)23-16-10-11-17-24(23)33-20(2)30)25(22-14-8-5-9-15-22)26(31)28-19-21-12-6-4-7-13-21;1-2-3-18-30-24(32)23(19-12-6-4-7-13-19)31(20-14-8-5-9-15-20)25(33)21-16-10-11-17-22(21)26(27,28)29;1-3-4-19-27-25(29)24(20-13-7-5-8-14-20)28(21-15-9-6-10-16-21)26(30)22-17-11-12-18-23(22)31-2;1-4-6-16-25-23(28)22(19-12-8-7-9-13-19)26(17-5-2)24(29)20-14-10-11-15-21(20)30-18(3)27/h1,4,6-7,10-13,16-17,22,25H,5,8-9,14-15,18-19H2,2H3,(H,28,31);5,8-11,14-17,19,23H,2-4,6-7,12-13,18H2,1H3,(H,30,32);6,9-12,15-18,20,24H,3-5,7-8,13-14,19H2,1-2H3,(H,27,29);2,10-11,14-15,19,22H,4,6-9,12-13,16-17H2,1,3H3,(H,25,28). The topological polar surface area (TPSA) is 250 Å². The molecule has 678 valence electrons. The number of hydrogen-bond acceptors (Lipinski definition) is 13. The Kier molecular flexibility index (Phi) is 42.8. The fourth-order valence-corrected chi connectivity index (χ4v) is 17.9. The van der Waals surface area contributed by atoms with Gasteiger partial charge in [0.05, 0.1) is 40.9 Å². The van der Waals surface area contributed by atoms with Crippen molar-refractivity contribution in [3.05, 3.63) is 221 Å². The summed E-state index contributed by atoms with van der Waals surface area (Å²) in [5.74, 6) is 2.03. The second-order valence-corrected chi connectivity index (χ2v) is 33.6. The van der Waals surface area contributed by atoms with Crippen molar-refractivity contribution in [1.29, 1.82) is 0 Å². The molecule has 127 heavy (non-hydrogen) atoms. The molecule has 4 saturated carbocycles. The first-order chi connectivity index (χ1) is 61.5. The third kappa shape index (κ3) is 30.4. The van der Waals surface area contributed by atoms with Crippen LogP contribution in [-0.2, 0) is 41.5 Å². The maximum absolute atomic E-state index is 14.0. The van der Waals surface area contributed by atoms with Crippen molar-refractivity contribution in [2.45, 2.75) is 243 Å². The molecule has 7 aromatic carbocycles. The Bertz CT molecular complexity index is 4750. The highest BCUT2D eigenvalue weighted by Gasteiger charge is 2.45. The lowest BCUT2D eigenvalue weighted by Gasteiger charge is -2.38. The largest absolute Gasteiger partial charge is 0.426 e. The smallest absolute Gasteiger partial charge is 0.417 e. The second-order valence-electron chi connectivity index (χ2n) is 32.7. The van der Waals surface area contributed by atoms with E-state index in [1.54, 1.807) is 95.5 Å². The molecular formula is C103H127F3N8O12S. The molecule has 4 aliphatic carbocycles. The Hall–Kier alpha value is -11.5. The SMILES string of the molecule is C#CCN(C(=O)c1ccccc1OC(C)=O)C(C(=O)NCCCC)C1CCCCC1.C#CCN(C(=O)c1ccccc1OC(C)=O)C(C(=O)NCc1ccccc1)C1CCCCC1.CCCCNC(=O)C(C1CCCCC1)N(C(=O)c1ccccc1C(F)(F)F)c1ccccc1.CCCCNC(=O)C(C1CCCCC1)N(C(=O)c1ccccc1SC)c1ccccc1. The minimum atomic E-state index is -4.68. The lowest BCUT2D eigenvalue weighted by Crippen LogP contribution is -2.54. The highest BCUT2D eigenvalue weighted by Crippen LogP contribution is 2.40. The summed E-state index contributed by atoms with van der Waals surface area (Å²) in [6.45, 7) is 10.8. The third-order valence-electron chi connectivity index (χ3n) is 23.6. The molecule has 4 atom stereocenters. The predicted octanol–water partition coefficient (Wildman–Crippen LogP) is 19.6. The van der Waals surface area contributed by atoms with Gasteiger partial charge in [-0.05, 0) is 179 Å². The summed E-state index contributed by atoms with van der Waals surface area (Å²) in [6.07, 6.45) is 33.6. The number of terminal acetylenes is 2. The van der Waals surface area contributed by atoms with E-state index in [0.29, 0.717) is 37.4 Å². The second kappa shape index (κ2) is 53.9. The maximum atomic E-state index is 14.0. The van der Waals surface area contributed by atoms with E-state index in [2.05, 4.69) is 47.0 Å². The van der Waals surface area contributed by atoms with E-state index >= 15 is 0 Å². The maximum Gasteiger partial charge on any atom is 0.417 e. The van der Waals surface area contributed by atoms with Gasteiger partial charge in [-0.1, -0.05) is 244 Å². The Labute approximate surface area is 753 Å². The molecule has 24 heteroatoms. The van der Waals surface area contributed by atoms with Gasteiger partial charge in [0.1, 0.15) is 35.7 Å². The van der Waals surface area contributed by atoms with Gasteiger partial charge < -0.3 is 40.5 Å². The van der Waals surface area contributed by atoms with Crippen molar-refractivity contribution >= 4 is 82.3 Å². The minimum absolute atomic E-state index is 0.00714. The zero-order valence-electron chi connectivity index (χ0n) is 74.5. The van der Waals surface area contributed by atoms with Gasteiger partial charge in [0.2, 0.25) is 23.6 Å². The van der Waals surface area contributed by atoms with Gasteiger partial charge in [-0.15, -0.1) is 24.6 Å². The van der Waals surface area contributed by atoms with Gasteiger partial charge in [-0.2, -0.15) is 13.2 Å². The lowest BCUT2D eigenvalue weighted by molar-refractivity contribution is -0.138. The van der Waals surface area contributed by atoms with E-state index in [1.807, 2.05) is 98.1 Å². The van der Waals surface area contributed by atoms with Crippen molar-refractivity contribution in [3.8, 4) is 36.2 Å². The molecule has 7 aromatic rings. The molecule has 0 bridgehead atoms. The number of alkyl halides is 3. The molecule has 0 spiro atoms. The number of ether oxygens (including phenoxy) is 2. The number of anilines is 2. The predicted molar refractivity (Wildman–Crippen MR) is 495 cm³/mol. The summed E-state index contributed by atoms with van der Waals surface area (Å²) < 4.78 is 51.7. The molecule has 4 fully saturated rings. The molecule has 11 rings (SSSR count). The highest BCUT2D eigenvalue weighted by atomic mass is 32.2. The quantitative estimate of drug-likeness (QED) is 0.00964. The Balaban J connectivity index is 0.000000210. The van der Waals surface area contributed by atoms with E-state index < -0.39 is 71.1 Å². The van der Waals surface area contributed by atoms with Crippen LogP contribution in [-0.4, -0.2) is 132 Å². The lowest BCUT2D eigenvalue weighted by atomic mass is 9.82. The summed E-state index contributed by atoms with van der Waals surface area (Å²) >= 11 is 1.56. The summed E-state index contributed by atoms with van der Waals surface area (Å²) in [7, 11) is 0. The molecule has 20 nitrogen and oxygen atoms in total. The molecule has 0 aromatic heterocycles. The van der Waals surface area contributed by atoms with Crippen LogP contribution in [0.2, 0.25) is 0 Å². The number of carbonyl (C=O) groups excluding carboxylic acids is 10. The average Bonchev–Trinajstić information content (AvgIpc) is 0.789. The molecule has 4 N–H and O–H groups in total. The van der Waals surface area contributed by atoms with Crippen LogP contribution >= 0.6 is 11.8 Å². The number of benzene rings is 7. The van der Waals surface area contributed by atoms with Crippen LogP contribution in [0.3, 0.4) is 0 Å². The van der Waals surface area contributed by atoms with Gasteiger partial charge in [0, 0.05) is 56.3 Å². The van der Waals surface area contributed by atoms with E-state index in [1.165, 1.54) is 53.2 Å². The number of halogens is 3. The van der Waals surface area contributed by atoms with E-state index in [-0.39, 0.29) is 88.9 Å². The first kappa shape index (κ1) is 101. The molecule has 4 aliphatic rings. The van der Waals surface area contributed by atoms with Crippen LogP contribution in [0.25, 0.3) is 0 Å². The van der Waals surface area contributed by atoms with Crippen molar-refractivity contribution in [2.75, 3.05) is 48.8 Å². The molecular weight excluding hydrogens is 1630 g/mol. The number of carbonyl (C=O) groups is 10. The third-order valence-corrected chi connectivity index (χ3v) is 24.4. The Morgan fingerprint density at radius 1 is 0.394 bits per heavy atom. The minimum Gasteiger partial charge on any atom is -0.426 e. The molecule has 0 aliphatic heterocycles. The number of hydrogen-bond donors (Lipinski definition) is 4. The van der Waals surface area contributed by atoms with Crippen molar-refractivity contribution in [2.24, 2.45) is 23.7 Å². The van der Waals surface area contributed by atoms with E-state index in [0.717, 1.165) is 183 Å². The van der Waals surface area contributed by atoms with Crippen LogP contribution < -0.4 is 40.5 Å². The Morgan fingerprint density at radius 2 is 0.701 bits per heavy atom. The Morgan fingerprint density at radius 3 is 1.06 bits per heavy atom. The normalized spacial score (nSPS) is 15.1. The summed E-state index contributed by atoms with van der Waals surface area (Å²) in [5, 5.41) is 12.0. The van der Waals surface area contributed by atoms with Crippen molar-refractivity contribution in [3.63, 3.8) is 0 Å². The number of unbranched alkanes of at least 4 members (excludes halogenated alkanes) is 3. The van der Waals surface area contributed by atoms with Crippen LogP contribution in [0.5, 0.6) is 11.5 Å². The van der Waals surface area contributed by atoms with Gasteiger partial charge >= 0.3 is 18.1 Å². The first-order valence-corrected chi connectivity index (χ1v) is 46.5. The van der Waals surface area contributed by atoms with Crippen molar-refractivity contribution < 1.29 is 70.6 Å². The van der Waals surface area contributed by atoms with Gasteiger partial charge in [0.25, 0.3) is 23.6 Å². The number of rotatable bonds is 34. The number of nitrogens with one attached hydrogen (secondary N) is 4.